The van der Waals surface area contributed by atoms with E-state index in [0.717, 1.165) is 24.3 Å². The Labute approximate surface area is 258 Å². The average molecular weight is 645 g/mol. The summed E-state index contributed by atoms with van der Waals surface area (Å²) in [6, 6.07) is 7.71. The molecule has 0 unspecified atom stereocenters. The van der Waals surface area contributed by atoms with Gasteiger partial charge in [-0.1, -0.05) is 0 Å². The zero-order valence-corrected chi connectivity index (χ0v) is 24.0. The second-order valence-corrected chi connectivity index (χ2v) is 10.1. The van der Waals surface area contributed by atoms with Crippen molar-refractivity contribution in [3.8, 4) is 57.3 Å². The number of benzene rings is 3. The van der Waals surface area contributed by atoms with Gasteiger partial charge in [0.05, 0.1) is 19.8 Å². The van der Waals surface area contributed by atoms with Crippen molar-refractivity contribution in [1.82, 2.24) is 0 Å². The van der Waals surface area contributed by atoms with Crippen molar-refractivity contribution < 1.29 is 73.7 Å². The van der Waals surface area contributed by atoms with Crippen LogP contribution in [-0.4, -0.2) is 98.4 Å². The average Bonchev–Trinajstić information content (AvgIpc) is 3.03. The standard InChI is InChI=1S/C30H28O16/c1-41-18-6-12(7-19(42-2)22(18)34)29(40)43-10-20-23(35)25(37)27(39)30(46-20)45-16-5-11(3-4-14(16)32)28-26(38)24(36)21-15(33)8-13(31)9-17(21)44-28/h3-9,20,23,25,27,30-35,37-39H,10H2,1-2H3/t20-,23-,25+,27-,30-/m1/s1. The summed E-state index contributed by atoms with van der Waals surface area (Å²) in [4.78, 5) is 25.5. The molecule has 1 aliphatic rings. The van der Waals surface area contributed by atoms with Gasteiger partial charge in [-0.25, -0.2) is 4.79 Å². The van der Waals surface area contributed by atoms with Crippen LogP contribution in [0.2, 0.25) is 0 Å². The van der Waals surface area contributed by atoms with E-state index in [1.54, 1.807) is 0 Å². The largest absolute Gasteiger partial charge is 0.508 e. The normalized spacial score (nSPS) is 21.1. The van der Waals surface area contributed by atoms with Gasteiger partial charge >= 0.3 is 5.97 Å². The fraction of sp³-hybridized carbons (Fsp3) is 0.267. The van der Waals surface area contributed by atoms with Crippen molar-refractivity contribution in [3.05, 3.63) is 58.3 Å². The van der Waals surface area contributed by atoms with Gasteiger partial charge in [0, 0.05) is 17.7 Å². The quantitative estimate of drug-likeness (QED) is 0.125. The Bertz CT molecular complexity index is 1820. The molecule has 8 N–H and O–H groups in total. The molecule has 0 bridgehead atoms. The molecular weight excluding hydrogens is 616 g/mol. The number of rotatable bonds is 8. The molecule has 0 saturated carbocycles. The monoisotopic (exact) mass is 644 g/mol. The van der Waals surface area contributed by atoms with Gasteiger partial charge < -0.3 is 69.0 Å². The number of phenols is 4. The van der Waals surface area contributed by atoms with E-state index in [9.17, 15) is 50.4 Å². The Morgan fingerprint density at radius 2 is 1.48 bits per heavy atom. The topological polar surface area (TPSA) is 255 Å². The third kappa shape index (κ3) is 5.84. The molecule has 5 rings (SSSR count). The van der Waals surface area contributed by atoms with E-state index >= 15 is 0 Å². The number of esters is 1. The number of aliphatic hydroxyl groups is 3. The Morgan fingerprint density at radius 3 is 2.13 bits per heavy atom. The third-order valence-electron chi connectivity index (χ3n) is 7.16. The molecular formula is C30H28O16. The lowest BCUT2D eigenvalue weighted by molar-refractivity contribution is -0.277. The lowest BCUT2D eigenvalue weighted by Gasteiger charge is -2.39. The highest BCUT2D eigenvalue weighted by Crippen LogP contribution is 2.40. The molecule has 46 heavy (non-hydrogen) atoms. The number of phenolic OH excluding ortho intramolecular Hbond substituents is 4. The van der Waals surface area contributed by atoms with Crippen molar-refractivity contribution in [2.24, 2.45) is 0 Å². The molecule has 1 aromatic heterocycles. The molecule has 0 aliphatic carbocycles. The van der Waals surface area contributed by atoms with Crippen molar-refractivity contribution in [1.29, 1.82) is 0 Å². The first kappa shape index (κ1) is 32.0. The predicted octanol–water partition coefficient (Wildman–Crippen LogP) is 1.05. The Morgan fingerprint density at radius 1 is 0.804 bits per heavy atom. The first-order valence-corrected chi connectivity index (χ1v) is 13.4. The number of methoxy groups -OCH3 is 2. The van der Waals surface area contributed by atoms with E-state index in [0.29, 0.717) is 0 Å². The van der Waals surface area contributed by atoms with E-state index in [-0.39, 0.29) is 34.0 Å². The van der Waals surface area contributed by atoms with E-state index < -0.39 is 88.6 Å². The van der Waals surface area contributed by atoms with Crippen LogP contribution >= 0.6 is 0 Å². The van der Waals surface area contributed by atoms with Gasteiger partial charge in [0.25, 0.3) is 0 Å². The van der Waals surface area contributed by atoms with Crippen LogP contribution in [0.25, 0.3) is 22.3 Å². The van der Waals surface area contributed by atoms with Gasteiger partial charge in [-0.05, 0) is 30.3 Å². The summed E-state index contributed by atoms with van der Waals surface area (Å²) in [5.74, 6) is -4.78. The van der Waals surface area contributed by atoms with Crippen molar-refractivity contribution in [2.75, 3.05) is 20.8 Å². The summed E-state index contributed by atoms with van der Waals surface area (Å²) < 4.78 is 32.0. The van der Waals surface area contributed by atoms with E-state index in [1.807, 2.05) is 0 Å². The Hall–Kier alpha value is -5.42. The minimum atomic E-state index is -1.88. The van der Waals surface area contributed by atoms with Crippen LogP contribution in [0.1, 0.15) is 10.4 Å². The molecule has 16 heteroatoms. The van der Waals surface area contributed by atoms with Crippen LogP contribution in [0.5, 0.6) is 46.0 Å². The summed E-state index contributed by atoms with van der Waals surface area (Å²) >= 11 is 0. The van der Waals surface area contributed by atoms with Gasteiger partial charge in [-0.3, -0.25) is 4.79 Å². The number of aromatic hydroxyl groups is 5. The van der Waals surface area contributed by atoms with E-state index in [4.69, 9.17) is 28.1 Å². The molecule has 1 saturated heterocycles. The van der Waals surface area contributed by atoms with Gasteiger partial charge in [0.1, 0.15) is 53.5 Å². The number of fused-ring (bicyclic) bond motifs is 1. The van der Waals surface area contributed by atoms with Crippen molar-refractivity contribution in [2.45, 2.75) is 30.7 Å². The molecule has 16 nitrogen and oxygen atoms in total. The van der Waals surface area contributed by atoms with Gasteiger partial charge in [0.2, 0.25) is 23.2 Å². The Kier molecular flexibility index (Phi) is 8.71. The second kappa shape index (κ2) is 12.5. The zero-order valence-electron chi connectivity index (χ0n) is 24.0. The summed E-state index contributed by atoms with van der Waals surface area (Å²) in [7, 11) is 2.52. The maximum Gasteiger partial charge on any atom is 0.338 e. The zero-order chi connectivity index (χ0) is 33.4. The minimum absolute atomic E-state index is 0.0387. The first-order chi connectivity index (χ1) is 21.8. The van der Waals surface area contributed by atoms with E-state index in [1.165, 1.54) is 32.4 Å². The maximum atomic E-state index is 12.8. The molecule has 244 valence electrons. The van der Waals surface area contributed by atoms with Crippen LogP contribution in [0.15, 0.2) is 51.7 Å². The lowest BCUT2D eigenvalue weighted by atomic mass is 9.99. The van der Waals surface area contributed by atoms with Gasteiger partial charge in [-0.15, -0.1) is 0 Å². The number of carbonyl (C=O) groups excluding carboxylic acids is 1. The number of hydrogen-bond donors (Lipinski definition) is 8. The molecule has 5 atom stereocenters. The molecule has 4 aromatic rings. The Balaban J connectivity index is 1.38. The molecule has 0 amide bonds. The van der Waals surface area contributed by atoms with Crippen LogP contribution < -0.4 is 19.6 Å². The van der Waals surface area contributed by atoms with Crippen molar-refractivity contribution in [3.63, 3.8) is 0 Å². The fourth-order valence-electron chi connectivity index (χ4n) is 4.75. The molecule has 2 heterocycles. The van der Waals surface area contributed by atoms with E-state index in [2.05, 4.69) is 0 Å². The second-order valence-electron chi connectivity index (χ2n) is 10.1. The van der Waals surface area contributed by atoms with Crippen LogP contribution in [0.4, 0.5) is 0 Å². The number of hydrogen-bond acceptors (Lipinski definition) is 16. The molecule has 3 aromatic carbocycles. The maximum absolute atomic E-state index is 12.8. The highest BCUT2D eigenvalue weighted by molar-refractivity contribution is 5.91. The number of aliphatic hydroxyl groups excluding tert-OH is 3. The summed E-state index contributed by atoms with van der Waals surface area (Å²) in [6.45, 7) is -0.656. The smallest absolute Gasteiger partial charge is 0.338 e. The summed E-state index contributed by atoms with van der Waals surface area (Å²) in [5.41, 5.74) is -1.42. The minimum Gasteiger partial charge on any atom is -0.508 e. The highest BCUT2D eigenvalue weighted by Gasteiger charge is 2.46. The van der Waals surface area contributed by atoms with Crippen molar-refractivity contribution >= 4 is 16.9 Å². The fourth-order valence-corrected chi connectivity index (χ4v) is 4.75. The summed E-state index contributed by atoms with van der Waals surface area (Å²) in [6.07, 6.45) is -8.73. The third-order valence-corrected chi connectivity index (χ3v) is 7.16. The SMILES string of the molecule is COc1cc(C(=O)OC[C@H]2O[C@@H](Oc3cc(-c4oc5cc(O)cc(O)c5c(=O)c4O)ccc3O)[C@H](O)[C@@H](O)[C@@H]2O)cc(OC)c1O. The molecule has 0 radical (unpaired) electrons. The number of ether oxygens (including phenoxy) is 5. The summed E-state index contributed by atoms with van der Waals surface area (Å²) in [5, 5.41) is 82.1. The van der Waals surface area contributed by atoms with Crippen LogP contribution in [-0.2, 0) is 9.47 Å². The first-order valence-electron chi connectivity index (χ1n) is 13.4. The molecule has 1 aliphatic heterocycles. The lowest BCUT2D eigenvalue weighted by Crippen LogP contribution is -2.60. The van der Waals surface area contributed by atoms with Gasteiger partial charge in [-0.2, -0.15) is 0 Å². The number of carbonyl (C=O) groups is 1. The molecule has 0 spiro atoms. The van der Waals surface area contributed by atoms with Crippen LogP contribution in [0, 0.1) is 0 Å². The molecule has 1 fully saturated rings. The predicted molar refractivity (Wildman–Crippen MR) is 153 cm³/mol. The highest BCUT2D eigenvalue weighted by atomic mass is 16.7. The van der Waals surface area contributed by atoms with Gasteiger partial charge in [0.15, 0.2) is 28.8 Å². The van der Waals surface area contributed by atoms with Crippen LogP contribution in [0.3, 0.4) is 0 Å².